The lowest BCUT2D eigenvalue weighted by atomic mass is 10.2. The van der Waals surface area contributed by atoms with Gasteiger partial charge in [-0.3, -0.25) is 0 Å². The first-order valence-corrected chi connectivity index (χ1v) is 5.54. The van der Waals surface area contributed by atoms with Gasteiger partial charge in [0.25, 0.3) is 0 Å². The minimum Gasteiger partial charge on any atom is -0.456 e. The second-order valence-corrected chi connectivity index (χ2v) is 3.81. The summed E-state index contributed by atoms with van der Waals surface area (Å²) in [4.78, 5) is 3.25. The summed E-state index contributed by atoms with van der Waals surface area (Å²) < 4.78 is 42.0. The van der Waals surface area contributed by atoms with Gasteiger partial charge in [0.05, 0.1) is 6.21 Å². The molecule has 0 saturated heterocycles. The van der Waals surface area contributed by atoms with Crippen LogP contribution in [0.4, 0.5) is 13.2 Å². The maximum absolute atomic E-state index is 12.2. The van der Waals surface area contributed by atoms with Crippen molar-refractivity contribution in [2.24, 2.45) is 4.99 Å². The van der Waals surface area contributed by atoms with Gasteiger partial charge in [0, 0.05) is 0 Å². The van der Waals surface area contributed by atoms with Crippen molar-refractivity contribution in [3.63, 3.8) is 0 Å². The monoisotopic (exact) mass is 269 g/mol. The van der Waals surface area contributed by atoms with E-state index in [4.69, 9.17) is 4.74 Å². The summed E-state index contributed by atoms with van der Waals surface area (Å²) in [7, 11) is 0. The van der Waals surface area contributed by atoms with E-state index in [1.54, 1.807) is 25.1 Å². The highest BCUT2D eigenvalue weighted by Crippen LogP contribution is 2.24. The van der Waals surface area contributed by atoms with Crippen LogP contribution in [0.1, 0.15) is 12.5 Å². The fourth-order valence-electron chi connectivity index (χ4n) is 1.19. The zero-order valence-corrected chi connectivity index (χ0v) is 10.7. The summed E-state index contributed by atoms with van der Waals surface area (Å²) in [6.45, 7) is 6.38. The Labute approximate surface area is 109 Å². The largest absolute Gasteiger partial charge is 0.456 e. The minimum atomic E-state index is -4.53. The van der Waals surface area contributed by atoms with Crippen LogP contribution in [0.25, 0.3) is 0 Å². The number of allylic oxidation sites excluding steroid dienone is 3. The predicted molar refractivity (Wildman–Crippen MR) is 69.3 cm³/mol. The lowest BCUT2D eigenvalue weighted by Crippen LogP contribution is -2.09. The third kappa shape index (κ3) is 4.99. The van der Waals surface area contributed by atoms with E-state index in [-0.39, 0.29) is 5.76 Å². The van der Waals surface area contributed by atoms with E-state index in [0.29, 0.717) is 5.75 Å². The molecule has 1 rings (SSSR count). The molecule has 0 amide bonds. The van der Waals surface area contributed by atoms with Gasteiger partial charge >= 0.3 is 6.18 Å². The van der Waals surface area contributed by atoms with Crippen molar-refractivity contribution >= 4 is 6.21 Å². The van der Waals surface area contributed by atoms with Crippen molar-refractivity contribution in [2.75, 3.05) is 0 Å². The lowest BCUT2D eigenvalue weighted by Gasteiger charge is -2.07. The Morgan fingerprint density at radius 2 is 2.05 bits per heavy atom. The molecule has 0 saturated carbocycles. The number of benzene rings is 1. The van der Waals surface area contributed by atoms with Gasteiger partial charge < -0.3 is 4.74 Å². The Hall–Kier alpha value is -2.04. The van der Waals surface area contributed by atoms with Crippen LogP contribution >= 0.6 is 0 Å². The van der Waals surface area contributed by atoms with E-state index < -0.39 is 11.9 Å². The highest BCUT2D eigenvalue weighted by atomic mass is 19.4. The molecular weight excluding hydrogens is 255 g/mol. The molecule has 102 valence electrons. The second kappa shape index (κ2) is 6.22. The molecule has 0 aliphatic carbocycles. The average molecular weight is 269 g/mol. The number of ether oxygens (including phenoxy) is 1. The normalized spacial score (nSPS) is 12.8. The van der Waals surface area contributed by atoms with E-state index in [1.807, 2.05) is 13.0 Å². The summed E-state index contributed by atoms with van der Waals surface area (Å²) in [5, 5.41) is 0. The summed E-state index contributed by atoms with van der Waals surface area (Å²) in [6, 6.07) is 7.17. The molecular formula is C14H14F3NO. The van der Waals surface area contributed by atoms with Crippen molar-refractivity contribution in [3.8, 4) is 5.75 Å². The van der Waals surface area contributed by atoms with Gasteiger partial charge in [-0.15, -0.1) is 0 Å². The molecule has 19 heavy (non-hydrogen) atoms. The molecule has 0 unspecified atom stereocenters. The van der Waals surface area contributed by atoms with Crippen molar-refractivity contribution in [1.29, 1.82) is 0 Å². The number of nitrogens with zero attached hydrogens (tertiary/aromatic N) is 1. The Morgan fingerprint density at radius 1 is 1.37 bits per heavy atom. The molecule has 0 heterocycles. The van der Waals surface area contributed by atoms with Gasteiger partial charge in [0.2, 0.25) is 0 Å². The van der Waals surface area contributed by atoms with Crippen LogP contribution in [0.3, 0.4) is 0 Å². The van der Waals surface area contributed by atoms with Gasteiger partial charge in [-0.25, -0.2) is 4.99 Å². The fourth-order valence-corrected chi connectivity index (χ4v) is 1.19. The first kappa shape index (κ1) is 15.0. The zero-order valence-electron chi connectivity index (χ0n) is 10.7. The Bertz CT molecular complexity index is 516. The number of rotatable bonds is 4. The van der Waals surface area contributed by atoms with Crippen LogP contribution in [0.15, 0.2) is 53.4 Å². The number of halogens is 3. The Balaban J connectivity index is 2.76. The topological polar surface area (TPSA) is 21.6 Å². The second-order valence-electron chi connectivity index (χ2n) is 3.81. The summed E-state index contributed by atoms with van der Waals surface area (Å²) in [5.74, 6) is 0.758. The third-order valence-corrected chi connectivity index (χ3v) is 2.18. The molecule has 2 nitrogen and oxygen atoms in total. The van der Waals surface area contributed by atoms with E-state index in [0.717, 1.165) is 11.8 Å². The number of alkyl halides is 3. The van der Waals surface area contributed by atoms with Crippen LogP contribution in [0.2, 0.25) is 0 Å². The van der Waals surface area contributed by atoms with Gasteiger partial charge in [-0.2, -0.15) is 13.2 Å². The maximum Gasteiger partial charge on any atom is 0.432 e. The maximum atomic E-state index is 12.2. The van der Waals surface area contributed by atoms with E-state index in [9.17, 15) is 13.2 Å². The summed E-state index contributed by atoms with van der Waals surface area (Å²) in [5.41, 5.74) is -0.177. The first-order valence-electron chi connectivity index (χ1n) is 5.54. The van der Waals surface area contributed by atoms with E-state index in [1.165, 1.54) is 6.08 Å². The number of hydrogen-bond acceptors (Lipinski definition) is 2. The van der Waals surface area contributed by atoms with Gasteiger partial charge in [0.15, 0.2) is 0 Å². The van der Waals surface area contributed by atoms with Crippen LogP contribution in [0, 0.1) is 6.92 Å². The van der Waals surface area contributed by atoms with Gasteiger partial charge in [-0.05, 0) is 37.6 Å². The molecule has 0 bridgehead atoms. The van der Waals surface area contributed by atoms with Crippen LogP contribution in [-0.4, -0.2) is 12.4 Å². The Morgan fingerprint density at radius 3 is 2.58 bits per heavy atom. The van der Waals surface area contributed by atoms with Crippen LogP contribution < -0.4 is 4.74 Å². The first-order chi connectivity index (χ1) is 8.82. The van der Waals surface area contributed by atoms with E-state index in [2.05, 4.69) is 11.6 Å². The lowest BCUT2D eigenvalue weighted by molar-refractivity contribution is -0.0918. The molecule has 0 aliphatic heterocycles. The molecule has 5 heteroatoms. The highest BCUT2D eigenvalue weighted by Gasteiger charge is 2.31. The molecule has 0 aliphatic rings. The molecule has 0 radical (unpaired) electrons. The molecule has 0 aromatic heterocycles. The molecule has 0 spiro atoms. The summed E-state index contributed by atoms with van der Waals surface area (Å²) >= 11 is 0. The van der Waals surface area contributed by atoms with Crippen LogP contribution in [0.5, 0.6) is 5.75 Å². The van der Waals surface area contributed by atoms with Crippen molar-refractivity contribution in [3.05, 3.63) is 53.9 Å². The quantitative estimate of drug-likeness (QED) is 0.585. The predicted octanol–water partition coefficient (Wildman–Crippen LogP) is 4.42. The van der Waals surface area contributed by atoms with Crippen molar-refractivity contribution in [2.45, 2.75) is 20.0 Å². The smallest absolute Gasteiger partial charge is 0.432 e. The van der Waals surface area contributed by atoms with Crippen molar-refractivity contribution < 1.29 is 17.9 Å². The number of hydrogen-bond donors (Lipinski definition) is 0. The van der Waals surface area contributed by atoms with Crippen molar-refractivity contribution in [1.82, 2.24) is 0 Å². The standard InChI is InChI=1S/C14H14F3NO/c1-4-12(9-18-11(3)14(15,16)17)19-13-7-5-6-10(2)8-13/h4-9H,3H2,1-2H3/b12-4+,18-9?. The molecule has 0 atom stereocenters. The van der Waals surface area contributed by atoms with Gasteiger partial charge in [-0.1, -0.05) is 18.7 Å². The molecule has 0 fully saturated rings. The minimum absolute atomic E-state index is 0.219. The molecule has 0 N–H and O–H groups in total. The van der Waals surface area contributed by atoms with Gasteiger partial charge in [0.1, 0.15) is 17.2 Å². The van der Waals surface area contributed by atoms with E-state index >= 15 is 0 Å². The molecule has 1 aromatic carbocycles. The zero-order chi connectivity index (χ0) is 14.5. The highest BCUT2D eigenvalue weighted by molar-refractivity contribution is 5.77. The number of aryl methyl sites for hydroxylation is 1. The summed E-state index contributed by atoms with van der Waals surface area (Å²) in [6.07, 6.45) is -2.01. The number of aliphatic imine (C=N–C) groups is 1. The Kier molecular flexibility index (Phi) is 4.92. The van der Waals surface area contributed by atoms with Crippen LogP contribution in [-0.2, 0) is 0 Å². The SMILES string of the molecule is C=C(N=C/C(=C\C)Oc1cccc(C)c1)C(F)(F)F. The third-order valence-electron chi connectivity index (χ3n) is 2.18. The average Bonchev–Trinajstić information content (AvgIpc) is 2.32. The fraction of sp³-hybridized carbons (Fsp3) is 0.214. The molecule has 1 aromatic rings.